The molecule has 2 aromatic carbocycles. The maximum Gasteiger partial charge on any atom is 0.339 e. The number of rotatable bonds is 6. The van der Waals surface area contributed by atoms with E-state index in [4.69, 9.17) is 14.2 Å². The fourth-order valence-corrected chi connectivity index (χ4v) is 1.92. The molecule has 0 atom stereocenters. The number of carboxylic acid groups (broad SMARTS) is 1. The third kappa shape index (κ3) is 3.58. The Morgan fingerprint density at radius 2 is 1.77 bits per heavy atom. The summed E-state index contributed by atoms with van der Waals surface area (Å²) in [4.78, 5) is 11.4. The number of hydrogen-bond donors (Lipinski definition) is 1. The second-order valence-electron chi connectivity index (χ2n) is 4.35. The van der Waals surface area contributed by atoms with Gasteiger partial charge < -0.3 is 19.3 Å². The SMILES string of the molecule is CO/C=C(/C(=O)O)c1ccccc1Oc1cccc(OC)c1. The van der Waals surface area contributed by atoms with Gasteiger partial charge in [0.1, 0.15) is 22.8 Å². The molecule has 0 saturated heterocycles. The topological polar surface area (TPSA) is 65.0 Å². The minimum atomic E-state index is -1.09. The van der Waals surface area contributed by atoms with E-state index < -0.39 is 5.97 Å². The highest BCUT2D eigenvalue weighted by Crippen LogP contribution is 2.31. The predicted octanol–water partition coefficient (Wildman–Crippen LogP) is 3.56. The molecule has 0 aromatic heterocycles. The van der Waals surface area contributed by atoms with Crippen molar-refractivity contribution in [1.29, 1.82) is 0 Å². The molecule has 0 radical (unpaired) electrons. The summed E-state index contributed by atoms with van der Waals surface area (Å²) < 4.78 is 15.8. The van der Waals surface area contributed by atoms with Gasteiger partial charge in [-0.05, 0) is 18.2 Å². The Morgan fingerprint density at radius 1 is 1.05 bits per heavy atom. The average molecular weight is 300 g/mol. The average Bonchev–Trinajstić information content (AvgIpc) is 2.53. The van der Waals surface area contributed by atoms with Gasteiger partial charge in [-0.1, -0.05) is 24.3 Å². The molecule has 2 rings (SSSR count). The zero-order chi connectivity index (χ0) is 15.9. The minimum Gasteiger partial charge on any atom is -0.503 e. The third-order valence-electron chi connectivity index (χ3n) is 2.91. The van der Waals surface area contributed by atoms with E-state index in [2.05, 4.69) is 0 Å². The maximum atomic E-state index is 11.4. The summed E-state index contributed by atoms with van der Waals surface area (Å²) in [7, 11) is 2.96. The van der Waals surface area contributed by atoms with Crippen LogP contribution in [0.2, 0.25) is 0 Å². The second-order valence-corrected chi connectivity index (χ2v) is 4.35. The molecule has 22 heavy (non-hydrogen) atoms. The van der Waals surface area contributed by atoms with Crippen LogP contribution in [0.5, 0.6) is 17.2 Å². The smallest absolute Gasteiger partial charge is 0.339 e. The molecule has 0 heterocycles. The Balaban J connectivity index is 2.39. The van der Waals surface area contributed by atoms with Crippen molar-refractivity contribution in [2.45, 2.75) is 0 Å². The Kier molecular flexibility index (Phi) is 5.03. The van der Waals surface area contributed by atoms with Gasteiger partial charge >= 0.3 is 5.97 Å². The van der Waals surface area contributed by atoms with Gasteiger partial charge in [0.2, 0.25) is 0 Å². The fraction of sp³-hybridized carbons (Fsp3) is 0.118. The highest BCUT2D eigenvalue weighted by molar-refractivity contribution is 6.15. The van der Waals surface area contributed by atoms with Crippen LogP contribution in [-0.4, -0.2) is 25.3 Å². The molecule has 0 amide bonds. The molecular weight excluding hydrogens is 284 g/mol. The van der Waals surface area contributed by atoms with E-state index in [1.165, 1.54) is 13.4 Å². The summed E-state index contributed by atoms with van der Waals surface area (Å²) in [5.74, 6) is 0.528. The van der Waals surface area contributed by atoms with E-state index in [1.54, 1.807) is 55.6 Å². The summed E-state index contributed by atoms with van der Waals surface area (Å²) in [6.45, 7) is 0. The van der Waals surface area contributed by atoms with E-state index in [0.29, 0.717) is 22.8 Å². The molecule has 0 spiro atoms. The molecule has 2 aromatic rings. The van der Waals surface area contributed by atoms with Crippen LogP contribution >= 0.6 is 0 Å². The zero-order valence-corrected chi connectivity index (χ0v) is 12.3. The second kappa shape index (κ2) is 7.17. The van der Waals surface area contributed by atoms with Crippen molar-refractivity contribution in [2.75, 3.05) is 14.2 Å². The molecule has 0 aliphatic heterocycles. The lowest BCUT2D eigenvalue weighted by molar-refractivity contribution is -0.130. The Morgan fingerprint density at radius 3 is 2.45 bits per heavy atom. The molecule has 0 aliphatic rings. The maximum absolute atomic E-state index is 11.4. The van der Waals surface area contributed by atoms with E-state index in [0.717, 1.165) is 0 Å². The fourth-order valence-electron chi connectivity index (χ4n) is 1.92. The van der Waals surface area contributed by atoms with Gasteiger partial charge in [-0.25, -0.2) is 4.79 Å². The summed E-state index contributed by atoms with van der Waals surface area (Å²) in [6, 6.07) is 13.9. The van der Waals surface area contributed by atoms with Gasteiger partial charge in [-0.2, -0.15) is 0 Å². The molecule has 0 unspecified atom stereocenters. The number of methoxy groups -OCH3 is 2. The van der Waals surface area contributed by atoms with E-state index in [-0.39, 0.29) is 5.57 Å². The van der Waals surface area contributed by atoms with Gasteiger partial charge in [0, 0.05) is 11.6 Å². The highest BCUT2D eigenvalue weighted by atomic mass is 16.5. The minimum absolute atomic E-state index is 0.0148. The molecular formula is C17H16O5. The van der Waals surface area contributed by atoms with Crippen LogP contribution in [0.1, 0.15) is 5.56 Å². The van der Waals surface area contributed by atoms with Gasteiger partial charge in [0.25, 0.3) is 0 Å². The highest BCUT2D eigenvalue weighted by Gasteiger charge is 2.16. The van der Waals surface area contributed by atoms with Crippen molar-refractivity contribution in [3.63, 3.8) is 0 Å². The molecule has 5 nitrogen and oxygen atoms in total. The Hall–Kier alpha value is -2.95. The quantitative estimate of drug-likeness (QED) is 0.652. The Bertz CT molecular complexity index is 691. The van der Waals surface area contributed by atoms with Crippen LogP contribution in [0.4, 0.5) is 0 Å². The number of para-hydroxylation sites is 1. The first kappa shape index (κ1) is 15.4. The van der Waals surface area contributed by atoms with Crippen molar-refractivity contribution in [1.82, 2.24) is 0 Å². The number of hydrogen-bond acceptors (Lipinski definition) is 4. The number of ether oxygens (including phenoxy) is 3. The van der Waals surface area contributed by atoms with Crippen LogP contribution in [-0.2, 0) is 9.53 Å². The largest absolute Gasteiger partial charge is 0.503 e. The van der Waals surface area contributed by atoms with Crippen LogP contribution in [0, 0.1) is 0 Å². The molecule has 114 valence electrons. The summed E-state index contributed by atoms with van der Waals surface area (Å²) in [5.41, 5.74) is 0.445. The third-order valence-corrected chi connectivity index (χ3v) is 2.91. The standard InChI is InChI=1S/C17H16O5/c1-20-11-15(17(18)19)14-8-3-4-9-16(14)22-13-7-5-6-12(10-13)21-2/h3-11H,1-2H3,(H,18,19)/b15-11+. The monoisotopic (exact) mass is 300 g/mol. The van der Waals surface area contributed by atoms with Gasteiger partial charge in [0.05, 0.1) is 20.5 Å². The number of carbonyl (C=O) groups is 1. The van der Waals surface area contributed by atoms with Crippen molar-refractivity contribution in [3.8, 4) is 17.2 Å². The number of carboxylic acids is 1. The van der Waals surface area contributed by atoms with Crippen LogP contribution in [0.15, 0.2) is 54.8 Å². The van der Waals surface area contributed by atoms with E-state index in [9.17, 15) is 9.90 Å². The van der Waals surface area contributed by atoms with Crippen molar-refractivity contribution in [3.05, 3.63) is 60.4 Å². The summed E-state index contributed by atoms with van der Waals surface area (Å²) in [6.07, 6.45) is 1.18. The summed E-state index contributed by atoms with van der Waals surface area (Å²) in [5, 5.41) is 9.31. The van der Waals surface area contributed by atoms with E-state index >= 15 is 0 Å². The predicted molar refractivity (Wildman–Crippen MR) is 82.1 cm³/mol. The molecule has 0 bridgehead atoms. The lowest BCUT2D eigenvalue weighted by Gasteiger charge is -2.12. The summed E-state index contributed by atoms with van der Waals surface area (Å²) >= 11 is 0. The van der Waals surface area contributed by atoms with Gasteiger partial charge in [0.15, 0.2) is 0 Å². The Labute approximate surface area is 128 Å². The van der Waals surface area contributed by atoms with Crippen LogP contribution in [0.25, 0.3) is 5.57 Å². The van der Waals surface area contributed by atoms with Crippen molar-refractivity contribution < 1.29 is 24.1 Å². The zero-order valence-electron chi connectivity index (χ0n) is 12.3. The molecule has 0 saturated carbocycles. The molecule has 0 fully saturated rings. The normalized spacial score (nSPS) is 10.9. The molecule has 5 heteroatoms. The lowest BCUT2D eigenvalue weighted by Crippen LogP contribution is -2.02. The van der Waals surface area contributed by atoms with Crippen molar-refractivity contribution >= 4 is 11.5 Å². The lowest BCUT2D eigenvalue weighted by atomic mass is 10.1. The molecule has 1 N–H and O–H groups in total. The van der Waals surface area contributed by atoms with Crippen LogP contribution in [0.3, 0.4) is 0 Å². The van der Waals surface area contributed by atoms with Crippen molar-refractivity contribution in [2.24, 2.45) is 0 Å². The first-order valence-corrected chi connectivity index (χ1v) is 6.53. The first-order chi connectivity index (χ1) is 10.7. The number of aliphatic carboxylic acids is 1. The van der Waals surface area contributed by atoms with E-state index in [1.807, 2.05) is 0 Å². The van der Waals surface area contributed by atoms with Crippen LogP contribution < -0.4 is 9.47 Å². The van der Waals surface area contributed by atoms with Gasteiger partial charge in [-0.3, -0.25) is 0 Å². The number of benzene rings is 2. The van der Waals surface area contributed by atoms with Gasteiger partial charge in [-0.15, -0.1) is 0 Å². The molecule has 0 aliphatic carbocycles. The first-order valence-electron chi connectivity index (χ1n) is 6.53.